The van der Waals surface area contributed by atoms with Gasteiger partial charge in [-0.2, -0.15) is 0 Å². The SMILES string of the molecule is CC1CN(C(=O)OC(C)(C)C)CC(CO)C1C=O. The maximum absolute atomic E-state index is 11.9. The number of aldehydes is 1. The third-order valence-corrected chi connectivity index (χ3v) is 3.21. The van der Waals surface area contributed by atoms with Crippen LogP contribution in [-0.2, 0) is 9.53 Å². The number of likely N-dealkylation sites (tertiary alicyclic amines) is 1. The molecule has 3 unspecified atom stereocenters. The Morgan fingerprint density at radius 3 is 2.50 bits per heavy atom. The van der Waals surface area contributed by atoms with Crippen LogP contribution in [0.3, 0.4) is 0 Å². The van der Waals surface area contributed by atoms with E-state index in [1.807, 2.05) is 27.7 Å². The Balaban J connectivity index is 2.70. The van der Waals surface area contributed by atoms with Gasteiger partial charge in [-0.3, -0.25) is 0 Å². The number of carbonyl (C=O) groups is 2. The standard InChI is InChI=1S/C13H23NO4/c1-9-5-14(12(17)18-13(2,3)4)6-10(7-15)11(9)8-16/h8-11,15H,5-7H2,1-4H3. The minimum absolute atomic E-state index is 0.0425. The smallest absolute Gasteiger partial charge is 0.410 e. The van der Waals surface area contributed by atoms with Crippen LogP contribution in [0.15, 0.2) is 0 Å². The van der Waals surface area contributed by atoms with Crippen LogP contribution >= 0.6 is 0 Å². The number of rotatable bonds is 2. The molecule has 5 nitrogen and oxygen atoms in total. The molecule has 0 saturated carbocycles. The van der Waals surface area contributed by atoms with Crippen LogP contribution in [0.2, 0.25) is 0 Å². The molecule has 0 aromatic carbocycles. The number of aliphatic hydroxyl groups excluding tert-OH is 1. The lowest BCUT2D eigenvalue weighted by Gasteiger charge is -2.40. The highest BCUT2D eigenvalue weighted by Gasteiger charge is 2.37. The Kier molecular flexibility index (Phi) is 4.73. The molecule has 104 valence electrons. The lowest BCUT2D eigenvalue weighted by molar-refractivity contribution is -0.117. The van der Waals surface area contributed by atoms with Crippen LogP contribution in [0, 0.1) is 17.8 Å². The van der Waals surface area contributed by atoms with Gasteiger partial charge in [-0.05, 0) is 26.7 Å². The molecule has 1 heterocycles. The van der Waals surface area contributed by atoms with Crippen molar-refractivity contribution < 1.29 is 19.4 Å². The van der Waals surface area contributed by atoms with E-state index in [0.717, 1.165) is 6.29 Å². The molecule has 1 saturated heterocycles. The summed E-state index contributed by atoms with van der Waals surface area (Å²) >= 11 is 0. The molecule has 1 aliphatic heterocycles. The van der Waals surface area contributed by atoms with Crippen molar-refractivity contribution >= 4 is 12.4 Å². The maximum atomic E-state index is 11.9. The largest absolute Gasteiger partial charge is 0.444 e. The Hall–Kier alpha value is -1.10. The summed E-state index contributed by atoms with van der Waals surface area (Å²) in [6.07, 6.45) is 0.509. The van der Waals surface area contributed by atoms with Crippen molar-refractivity contribution in [3.8, 4) is 0 Å². The van der Waals surface area contributed by atoms with Crippen molar-refractivity contribution in [2.75, 3.05) is 19.7 Å². The van der Waals surface area contributed by atoms with Crippen molar-refractivity contribution in [1.29, 1.82) is 0 Å². The Morgan fingerprint density at radius 2 is 2.06 bits per heavy atom. The summed E-state index contributed by atoms with van der Waals surface area (Å²) in [6.45, 7) is 8.14. The van der Waals surface area contributed by atoms with E-state index in [9.17, 15) is 14.7 Å². The third-order valence-electron chi connectivity index (χ3n) is 3.21. The molecule has 18 heavy (non-hydrogen) atoms. The quantitative estimate of drug-likeness (QED) is 0.757. The molecule has 0 spiro atoms. The second-order valence-electron chi connectivity index (χ2n) is 6.02. The van der Waals surface area contributed by atoms with Crippen LogP contribution in [0.4, 0.5) is 4.79 Å². The predicted molar refractivity (Wildman–Crippen MR) is 67.1 cm³/mol. The average Bonchev–Trinajstić information content (AvgIpc) is 2.25. The lowest BCUT2D eigenvalue weighted by atomic mass is 9.80. The molecule has 1 aliphatic rings. The van der Waals surface area contributed by atoms with Gasteiger partial charge in [0.25, 0.3) is 0 Å². The van der Waals surface area contributed by atoms with Crippen molar-refractivity contribution in [1.82, 2.24) is 4.90 Å². The Morgan fingerprint density at radius 1 is 1.44 bits per heavy atom. The fourth-order valence-corrected chi connectivity index (χ4v) is 2.31. The van der Waals surface area contributed by atoms with E-state index in [1.54, 1.807) is 4.90 Å². The number of hydrogen-bond donors (Lipinski definition) is 1. The molecule has 0 aromatic rings. The molecule has 0 bridgehead atoms. The van der Waals surface area contributed by atoms with Crippen LogP contribution in [-0.4, -0.2) is 47.7 Å². The molecule has 1 amide bonds. The fraction of sp³-hybridized carbons (Fsp3) is 0.846. The molecule has 3 atom stereocenters. The second-order valence-corrected chi connectivity index (χ2v) is 6.02. The zero-order valence-corrected chi connectivity index (χ0v) is 11.5. The van der Waals surface area contributed by atoms with Gasteiger partial charge in [-0.1, -0.05) is 6.92 Å². The van der Waals surface area contributed by atoms with E-state index < -0.39 is 5.60 Å². The summed E-state index contributed by atoms with van der Waals surface area (Å²) in [6, 6.07) is 0. The highest BCUT2D eigenvalue weighted by Crippen LogP contribution is 2.27. The molecule has 0 aliphatic carbocycles. The zero-order chi connectivity index (χ0) is 13.9. The first-order valence-corrected chi connectivity index (χ1v) is 6.32. The Labute approximate surface area is 108 Å². The van der Waals surface area contributed by atoms with E-state index in [4.69, 9.17) is 4.74 Å². The molecule has 0 aromatic heterocycles. The van der Waals surface area contributed by atoms with Gasteiger partial charge in [0.05, 0.1) is 0 Å². The zero-order valence-electron chi connectivity index (χ0n) is 11.5. The van der Waals surface area contributed by atoms with Crippen LogP contribution in [0.1, 0.15) is 27.7 Å². The predicted octanol–water partition coefficient (Wildman–Crippen LogP) is 1.30. The summed E-state index contributed by atoms with van der Waals surface area (Å²) in [7, 11) is 0. The number of ether oxygens (including phenoxy) is 1. The first kappa shape index (κ1) is 15.0. The molecule has 0 radical (unpaired) electrons. The van der Waals surface area contributed by atoms with E-state index >= 15 is 0 Å². The minimum atomic E-state index is -0.531. The first-order valence-electron chi connectivity index (χ1n) is 6.32. The first-order chi connectivity index (χ1) is 8.28. The highest BCUT2D eigenvalue weighted by molar-refractivity contribution is 5.69. The van der Waals surface area contributed by atoms with Gasteiger partial charge in [0.1, 0.15) is 11.9 Å². The normalized spacial score (nSPS) is 28.9. The average molecular weight is 257 g/mol. The highest BCUT2D eigenvalue weighted by atomic mass is 16.6. The van der Waals surface area contributed by atoms with Crippen LogP contribution < -0.4 is 0 Å². The van der Waals surface area contributed by atoms with Gasteiger partial charge in [0.2, 0.25) is 0 Å². The van der Waals surface area contributed by atoms with Gasteiger partial charge in [0.15, 0.2) is 0 Å². The monoisotopic (exact) mass is 257 g/mol. The Bertz CT molecular complexity index is 311. The van der Waals surface area contributed by atoms with Gasteiger partial charge < -0.3 is 19.5 Å². The molecular weight excluding hydrogens is 234 g/mol. The lowest BCUT2D eigenvalue weighted by Crippen LogP contribution is -2.50. The molecule has 1 N–H and O–H groups in total. The van der Waals surface area contributed by atoms with Gasteiger partial charge in [-0.15, -0.1) is 0 Å². The number of nitrogens with zero attached hydrogens (tertiary/aromatic N) is 1. The van der Waals surface area contributed by atoms with Gasteiger partial charge in [-0.25, -0.2) is 4.79 Å². The fourth-order valence-electron chi connectivity index (χ4n) is 2.31. The van der Waals surface area contributed by atoms with E-state index in [1.165, 1.54) is 0 Å². The van der Waals surface area contributed by atoms with Crippen LogP contribution in [0.25, 0.3) is 0 Å². The van der Waals surface area contributed by atoms with Crippen molar-refractivity contribution in [2.24, 2.45) is 17.8 Å². The number of amides is 1. The summed E-state index contributed by atoms with van der Waals surface area (Å²) in [5.41, 5.74) is -0.531. The van der Waals surface area contributed by atoms with Crippen molar-refractivity contribution in [3.63, 3.8) is 0 Å². The molecular formula is C13H23NO4. The van der Waals surface area contributed by atoms with E-state index in [2.05, 4.69) is 0 Å². The maximum Gasteiger partial charge on any atom is 0.410 e. The number of hydrogen-bond acceptors (Lipinski definition) is 4. The van der Waals surface area contributed by atoms with Crippen molar-refractivity contribution in [3.05, 3.63) is 0 Å². The van der Waals surface area contributed by atoms with Gasteiger partial charge >= 0.3 is 6.09 Å². The van der Waals surface area contributed by atoms with E-state index in [-0.39, 0.29) is 30.5 Å². The molecule has 1 fully saturated rings. The summed E-state index contributed by atoms with van der Waals surface area (Å²) in [5, 5.41) is 9.30. The topological polar surface area (TPSA) is 66.8 Å². The third kappa shape index (κ3) is 3.70. The van der Waals surface area contributed by atoms with Gasteiger partial charge in [0, 0.05) is 31.5 Å². The van der Waals surface area contributed by atoms with Crippen molar-refractivity contribution in [2.45, 2.75) is 33.3 Å². The number of aliphatic hydroxyl groups is 1. The summed E-state index contributed by atoms with van der Waals surface area (Å²) < 4.78 is 5.30. The van der Waals surface area contributed by atoms with E-state index in [0.29, 0.717) is 13.1 Å². The number of piperidine rings is 1. The van der Waals surface area contributed by atoms with Crippen LogP contribution in [0.5, 0.6) is 0 Å². The minimum Gasteiger partial charge on any atom is -0.444 e. The second kappa shape index (κ2) is 5.69. The summed E-state index contributed by atoms with van der Waals surface area (Å²) in [5.74, 6) is -0.339. The summed E-state index contributed by atoms with van der Waals surface area (Å²) in [4.78, 5) is 24.5. The molecule has 5 heteroatoms. The number of carbonyl (C=O) groups excluding carboxylic acids is 2. The molecule has 1 rings (SSSR count).